The number of carbonyl (C=O) groups excluding carboxylic acids is 2. The van der Waals surface area contributed by atoms with Gasteiger partial charge in [-0.3, -0.25) is 9.59 Å². The van der Waals surface area contributed by atoms with Crippen LogP contribution in [0, 0.1) is 13.8 Å². The van der Waals surface area contributed by atoms with Crippen molar-refractivity contribution < 1.29 is 40.2 Å². The fourth-order valence-corrected chi connectivity index (χ4v) is 6.66. The van der Waals surface area contributed by atoms with Gasteiger partial charge in [0.15, 0.2) is 35.6 Å². The Bertz CT molecular complexity index is 1640. The maximum atomic E-state index is 12.0. The Morgan fingerprint density at radius 1 is 0.523 bits per heavy atom. The molecule has 8 heteroatoms. The minimum atomic E-state index is -0.661. The summed E-state index contributed by atoms with van der Waals surface area (Å²) in [6.07, 6.45) is 9.68. The number of rotatable bonds is 5. The second-order valence-electron chi connectivity index (χ2n) is 12.4. The summed E-state index contributed by atoms with van der Waals surface area (Å²) in [5.41, 5.74) is 1.33. The normalized spacial score (nSPS) is 13.4. The molecule has 0 atom stereocenters. The number of hydrogen-bond donors (Lipinski definition) is 6. The second-order valence-corrected chi connectivity index (χ2v) is 12.4. The number of carbonyl (C=O) groups is 2. The third-order valence-corrected chi connectivity index (χ3v) is 8.72. The SMILES string of the molecule is C1CCCCC1.Cc1cc2c(C(C)C)c(O)c(O)c(C=O)c2c(O)c1-c1c(C)cc2c(C(C)C)c(O)c(O)c(C=O)c2c1O. The molecule has 44 heavy (non-hydrogen) atoms. The van der Waals surface area contributed by atoms with Crippen molar-refractivity contribution in [3.63, 3.8) is 0 Å². The number of aromatic hydroxyl groups is 6. The summed E-state index contributed by atoms with van der Waals surface area (Å²) in [5.74, 6) is -3.57. The van der Waals surface area contributed by atoms with E-state index in [4.69, 9.17) is 0 Å². The molecule has 0 amide bonds. The van der Waals surface area contributed by atoms with Gasteiger partial charge in [0.2, 0.25) is 0 Å². The number of benzene rings is 4. The van der Waals surface area contributed by atoms with Crippen LogP contribution in [0.1, 0.15) is 121 Å². The predicted molar refractivity (Wildman–Crippen MR) is 173 cm³/mol. The maximum Gasteiger partial charge on any atom is 0.169 e. The molecule has 0 unspecified atom stereocenters. The first kappa shape index (κ1) is 32.5. The highest BCUT2D eigenvalue weighted by Crippen LogP contribution is 2.54. The van der Waals surface area contributed by atoms with Crippen LogP contribution in [0.3, 0.4) is 0 Å². The van der Waals surface area contributed by atoms with Gasteiger partial charge in [-0.2, -0.15) is 0 Å². The average molecular weight is 603 g/mol. The number of hydrogen-bond acceptors (Lipinski definition) is 8. The van der Waals surface area contributed by atoms with Crippen LogP contribution in [0.25, 0.3) is 32.7 Å². The van der Waals surface area contributed by atoms with E-state index in [9.17, 15) is 40.2 Å². The van der Waals surface area contributed by atoms with E-state index in [0.717, 1.165) is 0 Å². The number of phenolic OH excluding ortho intramolecular Hbond substituents is 6. The van der Waals surface area contributed by atoms with Gasteiger partial charge in [-0.1, -0.05) is 78.4 Å². The summed E-state index contributed by atoms with van der Waals surface area (Å²) in [7, 11) is 0. The van der Waals surface area contributed by atoms with Crippen LogP contribution < -0.4 is 0 Å². The average Bonchev–Trinajstić information content (AvgIpc) is 2.97. The zero-order valence-electron chi connectivity index (χ0n) is 26.2. The summed E-state index contributed by atoms with van der Waals surface area (Å²) in [6, 6.07) is 3.31. The molecule has 4 aromatic rings. The Hall–Kier alpha value is -4.46. The van der Waals surface area contributed by atoms with E-state index in [1.54, 1.807) is 53.7 Å². The van der Waals surface area contributed by atoms with Gasteiger partial charge in [0.1, 0.15) is 11.5 Å². The molecule has 0 spiro atoms. The Morgan fingerprint density at radius 3 is 1.07 bits per heavy atom. The first-order valence-corrected chi connectivity index (χ1v) is 15.2. The van der Waals surface area contributed by atoms with Crippen molar-refractivity contribution in [2.24, 2.45) is 0 Å². The van der Waals surface area contributed by atoms with Gasteiger partial charge in [0, 0.05) is 33.0 Å². The van der Waals surface area contributed by atoms with Crippen molar-refractivity contribution in [1.29, 1.82) is 0 Å². The summed E-state index contributed by atoms with van der Waals surface area (Å²) in [4.78, 5) is 24.0. The molecule has 0 bridgehead atoms. The van der Waals surface area contributed by atoms with Crippen LogP contribution in [0.5, 0.6) is 34.5 Å². The van der Waals surface area contributed by atoms with Gasteiger partial charge in [0.05, 0.1) is 11.1 Å². The fourth-order valence-electron chi connectivity index (χ4n) is 6.66. The lowest BCUT2D eigenvalue weighted by molar-refractivity contribution is 0.111. The highest BCUT2D eigenvalue weighted by Gasteiger charge is 2.29. The molecule has 8 nitrogen and oxygen atoms in total. The minimum Gasteiger partial charge on any atom is -0.507 e. The van der Waals surface area contributed by atoms with Crippen LogP contribution in [0.2, 0.25) is 0 Å². The maximum absolute atomic E-state index is 12.0. The number of fused-ring (bicyclic) bond motifs is 2. The van der Waals surface area contributed by atoms with Gasteiger partial charge in [-0.05, 0) is 47.6 Å². The van der Waals surface area contributed by atoms with Crippen molar-refractivity contribution in [3.8, 4) is 45.6 Å². The smallest absolute Gasteiger partial charge is 0.169 e. The van der Waals surface area contributed by atoms with Gasteiger partial charge in [0.25, 0.3) is 0 Å². The van der Waals surface area contributed by atoms with Crippen LogP contribution >= 0.6 is 0 Å². The fraction of sp³-hybridized carbons (Fsp3) is 0.389. The number of aryl methyl sites for hydroxylation is 2. The molecular formula is C36H42O8. The van der Waals surface area contributed by atoms with Crippen LogP contribution in [0.4, 0.5) is 0 Å². The molecule has 5 rings (SSSR count). The standard InChI is InChI=1S/C30H30O8.C6H12/c1-11(2)19-15-7-13(5)21(27(35)23(15)17(9-31)25(33)29(19)37)22-14(6)8-16-20(12(3)4)30(38)26(34)18(10-32)24(16)28(22)36;1-2-4-6-5-3-1/h7-12,33-38H,1-6H3;1-6H2. The summed E-state index contributed by atoms with van der Waals surface area (Å²) < 4.78 is 0. The van der Waals surface area contributed by atoms with E-state index in [1.807, 2.05) is 0 Å². The summed E-state index contributed by atoms with van der Waals surface area (Å²) in [6.45, 7) is 10.5. The lowest BCUT2D eigenvalue weighted by Gasteiger charge is -2.23. The molecule has 0 aliphatic heterocycles. The topological polar surface area (TPSA) is 156 Å². The first-order valence-electron chi connectivity index (χ1n) is 15.2. The Balaban J connectivity index is 0.000000657. The molecule has 1 aliphatic rings. The zero-order chi connectivity index (χ0) is 32.6. The van der Waals surface area contributed by atoms with Crippen LogP contribution in [-0.2, 0) is 0 Å². The van der Waals surface area contributed by atoms with Crippen molar-refractivity contribution in [1.82, 2.24) is 0 Å². The van der Waals surface area contributed by atoms with Gasteiger partial charge in [-0.15, -0.1) is 0 Å². The molecule has 0 saturated heterocycles. The molecule has 4 aromatic carbocycles. The molecular weight excluding hydrogens is 560 g/mol. The molecule has 0 heterocycles. The van der Waals surface area contributed by atoms with E-state index in [1.165, 1.54) is 38.5 Å². The molecule has 234 valence electrons. The molecule has 0 radical (unpaired) electrons. The number of phenols is 6. The second kappa shape index (κ2) is 12.6. The lowest BCUT2D eigenvalue weighted by Crippen LogP contribution is -2.01. The van der Waals surface area contributed by atoms with Crippen molar-refractivity contribution in [3.05, 3.63) is 45.5 Å². The zero-order valence-corrected chi connectivity index (χ0v) is 26.2. The van der Waals surface area contributed by atoms with Crippen molar-refractivity contribution >= 4 is 34.1 Å². The third kappa shape index (κ3) is 5.27. The van der Waals surface area contributed by atoms with Crippen LogP contribution in [-0.4, -0.2) is 43.2 Å². The highest BCUT2D eigenvalue weighted by atomic mass is 16.3. The van der Waals surface area contributed by atoms with E-state index in [0.29, 0.717) is 45.6 Å². The quantitative estimate of drug-likeness (QED) is 0.0978. The summed E-state index contributed by atoms with van der Waals surface area (Å²) >= 11 is 0. The molecule has 0 aromatic heterocycles. The first-order chi connectivity index (χ1) is 20.8. The van der Waals surface area contributed by atoms with Gasteiger partial charge in [-0.25, -0.2) is 0 Å². The van der Waals surface area contributed by atoms with E-state index in [2.05, 4.69) is 0 Å². The molecule has 1 aliphatic carbocycles. The molecule has 6 N–H and O–H groups in total. The Labute approximate surface area is 257 Å². The molecule has 1 fully saturated rings. The van der Waals surface area contributed by atoms with Gasteiger partial charge >= 0.3 is 0 Å². The Morgan fingerprint density at radius 2 is 0.818 bits per heavy atom. The monoisotopic (exact) mass is 602 g/mol. The summed E-state index contributed by atoms with van der Waals surface area (Å²) in [5, 5.41) is 66.4. The number of aldehydes is 2. The van der Waals surface area contributed by atoms with Gasteiger partial charge < -0.3 is 30.6 Å². The van der Waals surface area contributed by atoms with E-state index < -0.39 is 34.5 Å². The Kier molecular flexibility index (Phi) is 9.33. The van der Waals surface area contributed by atoms with E-state index >= 15 is 0 Å². The molecule has 1 saturated carbocycles. The van der Waals surface area contributed by atoms with Crippen LogP contribution in [0.15, 0.2) is 12.1 Å². The van der Waals surface area contributed by atoms with Crippen molar-refractivity contribution in [2.45, 2.75) is 91.9 Å². The lowest BCUT2D eigenvalue weighted by atomic mass is 9.83. The predicted octanol–water partition coefficient (Wildman–Crippen LogP) is 8.72. The highest BCUT2D eigenvalue weighted by molar-refractivity contribution is 6.14. The minimum absolute atomic E-state index is 0.00512. The van der Waals surface area contributed by atoms with E-state index in [-0.39, 0.29) is 44.9 Å². The third-order valence-electron chi connectivity index (χ3n) is 8.72. The largest absolute Gasteiger partial charge is 0.507 e. The van der Waals surface area contributed by atoms with Crippen molar-refractivity contribution in [2.75, 3.05) is 0 Å².